The van der Waals surface area contributed by atoms with E-state index in [1.54, 1.807) is 0 Å². The number of hydrogen-bond acceptors (Lipinski definition) is 2. The molecule has 19 heavy (non-hydrogen) atoms. The highest BCUT2D eigenvalue weighted by Gasteiger charge is 2.04. The summed E-state index contributed by atoms with van der Waals surface area (Å²) in [4.78, 5) is 7.72. The summed E-state index contributed by atoms with van der Waals surface area (Å²) in [5, 5.41) is 8.48. The molecule has 0 aliphatic carbocycles. The van der Waals surface area contributed by atoms with E-state index in [9.17, 15) is 0 Å². The van der Waals surface area contributed by atoms with E-state index >= 15 is 0 Å². The van der Waals surface area contributed by atoms with Crippen molar-refractivity contribution >= 4 is 18.5 Å². The molecule has 100 valence electrons. The predicted molar refractivity (Wildman–Crippen MR) is 80.7 cm³/mol. The number of aromatic amines is 1. The number of amidine groups is 1. The number of hydrogen-bond donors (Lipinski definition) is 3. The lowest BCUT2D eigenvalue weighted by molar-refractivity contribution is 0.654. The maximum absolute atomic E-state index is 4.56. The van der Waals surface area contributed by atoms with Crippen molar-refractivity contribution in [3.8, 4) is 0 Å². The molecule has 1 aliphatic rings. The summed E-state index contributed by atoms with van der Waals surface area (Å²) in [5.74, 6) is 0.994. The summed E-state index contributed by atoms with van der Waals surface area (Å²) in [6.07, 6.45) is 10.8. The summed E-state index contributed by atoms with van der Waals surface area (Å²) in [7, 11) is 0. The fourth-order valence-corrected chi connectivity index (χ4v) is 1.89. The van der Waals surface area contributed by atoms with Crippen molar-refractivity contribution in [3.05, 3.63) is 46.9 Å². The van der Waals surface area contributed by atoms with Gasteiger partial charge < -0.3 is 15.6 Å². The van der Waals surface area contributed by atoms with Crippen LogP contribution in [0.5, 0.6) is 0 Å². The zero-order chi connectivity index (χ0) is 13.7. The van der Waals surface area contributed by atoms with Gasteiger partial charge in [0, 0.05) is 23.7 Å². The molecule has 0 spiro atoms. The van der Waals surface area contributed by atoms with Gasteiger partial charge in [0.15, 0.2) is 0 Å². The summed E-state index contributed by atoms with van der Waals surface area (Å²) >= 11 is 0. The average molecular weight is 256 g/mol. The van der Waals surface area contributed by atoms with Gasteiger partial charge in [-0.1, -0.05) is 18.7 Å². The Hall–Kier alpha value is -2.23. The van der Waals surface area contributed by atoms with Crippen molar-refractivity contribution in [2.75, 3.05) is 0 Å². The summed E-state index contributed by atoms with van der Waals surface area (Å²) in [6.45, 7) is 8.00. The van der Waals surface area contributed by atoms with Gasteiger partial charge >= 0.3 is 0 Å². The van der Waals surface area contributed by atoms with Crippen molar-refractivity contribution in [1.29, 1.82) is 0 Å². The van der Waals surface area contributed by atoms with Crippen LogP contribution in [0.15, 0.2) is 41.3 Å². The SMILES string of the molecule is C=c1cc[nH]/c1=C/C(=C\C)NC(C)N=C1CC=CN1. The normalized spacial score (nSPS) is 19.8. The number of allylic oxidation sites excluding steroid dienone is 2. The van der Waals surface area contributed by atoms with E-state index in [4.69, 9.17) is 0 Å². The fourth-order valence-electron chi connectivity index (χ4n) is 1.89. The third-order valence-electron chi connectivity index (χ3n) is 2.88. The largest absolute Gasteiger partial charge is 0.364 e. The molecule has 1 atom stereocenters. The van der Waals surface area contributed by atoms with Crippen LogP contribution in [0, 0.1) is 0 Å². The number of nitrogens with one attached hydrogen (secondary N) is 3. The van der Waals surface area contributed by atoms with Crippen molar-refractivity contribution < 1.29 is 0 Å². The molecule has 0 saturated heterocycles. The van der Waals surface area contributed by atoms with E-state index in [1.165, 1.54) is 0 Å². The minimum atomic E-state index is 0.0214. The molecular formula is C15H20N4. The maximum Gasteiger partial charge on any atom is 0.117 e. The molecule has 4 nitrogen and oxygen atoms in total. The van der Waals surface area contributed by atoms with E-state index in [1.807, 2.05) is 44.5 Å². The minimum absolute atomic E-state index is 0.0214. The van der Waals surface area contributed by atoms with Crippen LogP contribution in [-0.4, -0.2) is 17.0 Å². The van der Waals surface area contributed by atoms with Gasteiger partial charge in [0.25, 0.3) is 0 Å². The molecule has 0 aromatic carbocycles. The second-order valence-electron chi connectivity index (χ2n) is 4.45. The fraction of sp³-hybridized carbons (Fsp3) is 0.267. The van der Waals surface area contributed by atoms with Gasteiger partial charge in [-0.2, -0.15) is 0 Å². The van der Waals surface area contributed by atoms with Gasteiger partial charge in [-0.15, -0.1) is 0 Å². The van der Waals surface area contributed by atoms with Gasteiger partial charge in [-0.05, 0) is 37.4 Å². The monoisotopic (exact) mass is 256 g/mol. The molecule has 2 rings (SSSR count). The second kappa shape index (κ2) is 6.09. The van der Waals surface area contributed by atoms with E-state index in [0.29, 0.717) is 0 Å². The standard InChI is InChI=1S/C15H20N4/c1-4-13(10-14-11(2)7-9-16-14)18-12(3)19-15-6-5-8-17-15/h4-5,7-10,12,16,18H,2,6H2,1,3H3,(H,17,19)/b13-4+,14-10+. The van der Waals surface area contributed by atoms with Gasteiger partial charge in [0.2, 0.25) is 0 Å². The first-order chi connectivity index (χ1) is 9.19. The molecule has 1 aromatic rings. The third-order valence-corrected chi connectivity index (χ3v) is 2.88. The Balaban J connectivity index is 2.06. The first-order valence-electron chi connectivity index (χ1n) is 6.44. The number of aromatic nitrogens is 1. The molecule has 0 amide bonds. The lowest BCUT2D eigenvalue weighted by atomic mass is 10.3. The van der Waals surface area contributed by atoms with Crippen molar-refractivity contribution in [2.45, 2.75) is 26.4 Å². The molecular weight excluding hydrogens is 236 g/mol. The zero-order valence-electron chi connectivity index (χ0n) is 11.4. The van der Waals surface area contributed by atoms with Gasteiger partial charge in [0.1, 0.15) is 12.0 Å². The Labute approximate surface area is 113 Å². The van der Waals surface area contributed by atoms with Crippen LogP contribution in [0.2, 0.25) is 0 Å². The van der Waals surface area contributed by atoms with Crippen LogP contribution in [0.3, 0.4) is 0 Å². The van der Waals surface area contributed by atoms with Crippen LogP contribution in [0.1, 0.15) is 20.3 Å². The molecule has 0 radical (unpaired) electrons. The third kappa shape index (κ3) is 3.61. The quantitative estimate of drug-likeness (QED) is 0.751. The molecule has 0 bridgehead atoms. The molecule has 1 aliphatic heterocycles. The summed E-state index contributed by atoms with van der Waals surface area (Å²) in [5.41, 5.74) is 1.02. The molecule has 0 fully saturated rings. The molecule has 3 N–H and O–H groups in total. The highest BCUT2D eigenvalue weighted by Crippen LogP contribution is 1.99. The highest BCUT2D eigenvalue weighted by molar-refractivity contribution is 5.86. The molecule has 0 saturated carbocycles. The topological polar surface area (TPSA) is 52.2 Å². The van der Waals surface area contributed by atoms with Gasteiger partial charge in [-0.25, -0.2) is 4.99 Å². The maximum atomic E-state index is 4.56. The van der Waals surface area contributed by atoms with Crippen LogP contribution in [0.25, 0.3) is 12.7 Å². The average Bonchev–Trinajstić information content (AvgIpc) is 3.01. The lowest BCUT2D eigenvalue weighted by Crippen LogP contribution is -2.28. The Kier molecular flexibility index (Phi) is 4.23. The van der Waals surface area contributed by atoms with Crippen molar-refractivity contribution in [1.82, 2.24) is 15.6 Å². The lowest BCUT2D eigenvalue weighted by Gasteiger charge is -2.12. The van der Waals surface area contributed by atoms with Crippen LogP contribution in [-0.2, 0) is 0 Å². The van der Waals surface area contributed by atoms with Crippen LogP contribution in [0.4, 0.5) is 0 Å². The number of aliphatic imine (C=N–C) groups is 1. The Morgan fingerprint density at radius 3 is 3.00 bits per heavy atom. The van der Waals surface area contributed by atoms with E-state index in [2.05, 4.69) is 33.3 Å². The predicted octanol–water partition coefficient (Wildman–Crippen LogP) is 0.950. The number of H-pyrrole nitrogens is 1. The van der Waals surface area contributed by atoms with E-state index < -0.39 is 0 Å². The zero-order valence-corrected chi connectivity index (χ0v) is 11.4. The summed E-state index contributed by atoms with van der Waals surface area (Å²) < 4.78 is 0. The van der Waals surface area contributed by atoms with Crippen molar-refractivity contribution in [3.63, 3.8) is 0 Å². The molecule has 1 unspecified atom stereocenters. The molecule has 1 aromatic heterocycles. The Morgan fingerprint density at radius 2 is 2.42 bits per heavy atom. The van der Waals surface area contributed by atoms with Crippen molar-refractivity contribution in [2.24, 2.45) is 4.99 Å². The van der Waals surface area contributed by atoms with Gasteiger partial charge in [-0.3, -0.25) is 0 Å². The van der Waals surface area contributed by atoms with E-state index in [0.717, 1.165) is 28.5 Å². The summed E-state index contributed by atoms with van der Waals surface area (Å²) in [6, 6.07) is 1.96. The van der Waals surface area contributed by atoms with E-state index in [-0.39, 0.29) is 6.17 Å². The smallest absolute Gasteiger partial charge is 0.117 e. The number of rotatable bonds is 4. The Bertz CT molecular complexity index is 609. The first-order valence-corrected chi connectivity index (χ1v) is 6.44. The minimum Gasteiger partial charge on any atom is -0.364 e. The molecule has 4 heteroatoms. The number of nitrogens with zero attached hydrogens (tertiary/aromatic N) is 1. The highest BCUT2D eigenvalue weighted by atomic mass is 15.1. The second-order valence-corrected chi connectivity index (χ2v) is 4.45. The van der Waals surface area contributed by atoms with Crippen LogP contribution < -0.4 is 21.2 Å². The molecule has 2 heterocycles. The Morgan fingerprint density at radius 1 is 1.58 bits per heavy atom. The van der Waals surface area contributed by atoms with Gasteiger partial charge in [0.05, 0.1) is 0 Å². The first kappa shape index (κ1) is 13.2. The van der Waals surface area contributed by atoms with Crippen LogP contribution >= 0.6 is 0 Å².